The van der Waals surface area contributed by atoms with Gasteiger partial charge in [-0.1, -0.05) is 33.0 Å². The van der Waals surface area contributed by atoms with Crippen LogP contribution in [0.2, 0.25) is 0 Å². The Morgan fingerprint density at radius 3 is 2.40 bits per heavy atom. The van der Waals surface area contributed by atoms with Gasteiger partial charge in [-0.15, -0.1) is 12.4 Å². The predicted molar refractivity (Wildman–Crippen MR) is 85.5 cm³/mol. The second-order valence-electron chi connectivity index (χ2n) is 5.39. The average Bonchev–Trinajstić information content (AvgIpc) is 2.26. The van der Waals surface area contributed by atoms with E-state index < -0.39 is 17.4 Å². The summed E-state index contributed by atoms with van der Waals surface area (Å²) in [6.45, 7) is 5.38. The van der Waals surface area contributed by atoms with E-state index in [1.165, 1.54) is 12.1 Å². The number of aromatic hydroxyl groups is 1. The molecule has 5 nitrogen and oxygen atoms in total. The first-order chi connectivity index (χ1) is 8.62. The van der Waals surface area contributed by atoms with E-state index in [1.54, 1.807) is 26.8 Å². The first-order valence-corrected chi connectivity index (χ1v) is 6.16. The second kappa shape index (κ2) is 6.76. The molecule has 0 spiro atoms. The summed E-state index contributed by atoms with van der Waals surface area (Å²) < 4.78 is 0. The summed E-state index contributed by atoms with van der Waals surface area (Å²) in [4.78, 5) is 11.4. The first-order valence-electron chi connectivity index (χ1n) is 5.75. The number of aliphatic carboxylic acids is 1. The van der Waals surface area contributed by atoms with Crippen LogP contribution in [-0.2, 0) is 4.79 Å². The van der Waals surface area contributed by atoms with Gasteiger partial charge < -0.3 is 21.3 Å². The minimum Gasteiger partial charge on any atom is -0.507 e. The van der Waals surface area contributed by atoms with E-state index >= 15 is 0 Å². The molecule has 20 heavy (non-hydrogen) atoms. The Kier molecular flexibility index (Phi) is 6.25. The Morgan fingerprint density at radius 2 is 1.95 bits per heavy atom. The molecule has 0 heterocycles. The number of carboxylic acids is 1. The molecule has 0 aliphatic heterocycles. The highest BCUT2D eigenvalue weighted by atomic mass is 35.5. The van der Waals surface area contributed by atoms with Crippen molar-refractivity contribution < 1.29 is 15.0 Å². The lowest BCUT2D eigenvalue weighted by atomic mass is 9.86. The van der Waals surface area contributed by atoms with Crippen molar-refractivity contribution in [2.24, 2.45) is 5.41 Å². The molecule has 5 N–H and O–H groups in total. The SMILES string of the molecule is CC(C)(C)[C@H](NC(=S)c1cc(N)ccc1O)C(=O)O.Cl. The molecule has 0 aliphatic rings. The predicted octanol–water partition coefficient (Wildman–Crippen LogP) is 2.16. The first kappa shape index (κ1) is 18.5. The van der Waals surface area contributed by atoms with Crippen LogP contribution in [0.1, 0.15) is 26.3 Å². The number of thiocarbonyl (C=S) groups is 1. The number of phenolic OH excluding ortho intramolecular Hbond substituents is 1. The molecule has 1 aromatic rings. The quantitative estimate of drug-likeness (QED) is 0.387. The molecule has 0 aromatic heterocycles. The Labute approximate surface area is 129 Å². The van der Waals surface area contributed by atoms with Gasteiger partial charge in [0.25, 0.3) is 0 Å². The van der Waals surface area contributed by atoms with E-state index in [2.05, 4.69) is 5.32 Å². The third-order valence-corrected chi connectivity index (χ3v) is 2.99. The van der Waals surface area contributed by atoms with Crippen LogP contribution in [0.4, 0.5) is 5.69 Å². The zero-order valence-corrected chi connectivity index (χ0v) is 13.1. The maximum Gasteiger partial charge on any atom is 0.326 e. The molecule has 0 bridgehead atoms. The minimum atomic E-state index is -1.00. The van der Waals surface area contributed by atoms with E-state index in [4.69, 9.17) is 18.0 Å². The van der Waals surface area contributed by atoms with E-state index in [0.29, 0.717) is 11.3 Å². The van der Waals surface area contributed by atoms with Gasteiger partial charge in [0.2, 0.25) is 0 Å². The summed E-state index contributed by atoms with van der Waals surface area (Å²) in [6, 6.07) is 3.61. The van der Waals surface area contributed by atoms with E-state index in [0.717, 1.165) is 0 Å². The number of phenols is 1. The van der Waals surface area contributed by atoms with Gasteiger partial charge in [-0.3, -0.25) is 0 Å². The van der Waals surface area contributed by atoms with Crippen molar-refractivity contribution in [1.82, 2.24) is 5.32 Å². The van der Waals surface area contributed by atoms with E-state index in [-0.39, 0.29) is 23.1 Å². The molecule has 0 unspecified atom stereocenters. The van der Waals surface area contributed by atoms with E-state index in [1.807, 2.05) is 0 Å². The number of benzene rings is 1. The van der Waals surface area contributed by atoms with Crippen LogP contribution in [-0.4, -0.2) is 27.2 Å². The summed E-state index contributed by atoms with van der Waals surface area (Å²) in [5.74, 6) is -1.04. The Balaban J connectivity index is 0.00000361. The third-order valence-electron chi connectivity index (χ3n) is 2.65. The Bertz CT molecular complexity index is 515. The molecule has 0 amide bonds. The van der Waals surface area contributed by atoms with Crippen molar-refractivity contribution in [2.75, 3.05) is 5.73 Å². The number of nitrogens with two attached hydrogens (primary N) is 1. The van der Waals surface area contributed by atoms with Crippen molar-refractivity contribution in [3.63, 3.8) is 0 Å². The van der Waals surface area contributed by atoms with Gasteiger partial charge in [-0.25, -0.2) is 4.79 Å². The Morgan fingerprint density at radius 1 is 1.40 bits per heavy atom. The van der Waals surface area contributed by atoms with Crippen LogP contribution in [0.3, 0.4) is 0 Å². The van der Waals surface area contributed by atoms with Gasteiger partial charge in [0, 0.05) is 5.69 Å². The maximum absolute atomic E-state index is 11.3. The third kappa shape index (κ3) is 4.54. The van der Waals surface area contributed by atoms with Crippen LogP contribution in [0.15, 0.2) is 18.2 Å². The van der Waals surface area contributed by atoms with Crippen molar-refractivity contribution in [3.8, 4) is 5.75 Å². The number of anilines is 1. The molecule has 0 radical (unpaired) electrons. The highest BCUT2D eigenvalue weighted by Gasteiger charge is 2.32. The smallest absolute Gasteiger partial charge is 0.326 e. The van der Waals surface area contributed by atoms with Crippen LogP contribution < -0.4 is 11.1 Å². The largest absolute Gasteiger partial charge is 0.507 e. The molecule has 0 saturated carbocycles. The lowest BCUT2D eigenvalue weighted by Crippen LogP contribution is -2.48. The molecular formula is C13H19ClN2O3S. The van der Waals surface area contributed by atoms with Crippen molar-refractivity contribution in [1.29, 1.82) is 0 Å². The zero-order chi connectivity index (χ0) is 14.8. The van der Waals surface area contributed by atoms with Crippen LogP contribution in [0.5, 0.6) is 5.75 Å². The van der Waals surface area contributed by atoms with Crippen LogP contribution in [0, 0.1) is 5.41 Å². The number of nitrogen functional groups attached to an aromatic ring is 1. The summed E-state index contributed by atoms with van der Waals surface area (Å²) in [5, 5.41) is 21.7. The van der Waals surface area contributed by atoms with Gasteiger partial charge in [0.15, 0.2) is 0 Å². The topological polar surface area (TPSA) is 95.6 Å². The normalized spacial score (nSPS) is 12.2. The number of hydrogen-bond donors (Lipinski definition) is 4. The highest BCUT2D eigenvalue weighted by molar-refractivity contribution is 7.80. The summed E-state index contributed by atoms with van der Waals surface area (Å²) in [7, 11) is 0. The zero-order valence-electron chi connectivity index (χ0n) is 11.5. The van der Waals surface area contributed by atoms with Crippen molar-refractivity contribution >= 4 is 41.3 Å². The van der Waals surface area contributed by atoms with Gasteiger partial charge >= 0.3 is 5.97 Å². The fourth-order valence-corrected chi connectivity index (χ4v) is 1.87. The molecule has 0 aliphatic carbocycles. The molecule has 0 fully saturated rings. The fraction of sp³-hybridized carbons (Fsp3) is 0.385. The Hall–Kier alpha value is -1.53. The van der Waals surface area contributed by atoms with Gasteiger partial charge in [-0.05, 0) is 23.6 Å². The number of carbonyl (C=O) groups is 1. The average molecular weight is 319 g/mol. The maximum atomic E-state index is 11.3. The number of nitrogens with one attached hydrogen (secondary N) is 1. The van der Waals surface area contributed by atoms with Gasteiger partial charge in [0.05, 0.1) is 5.56 Å². The van der Waals surface area contributed by atoms with Crippen molar-refractivity contribution in [3.05, 3.63) is 23.8 Å². The van der Waals surface area contributed by atoms with Crippen LogP contribution >= 0.6 is 24.6 Å². The van der Waals surface area contributed by atoms with E-state index in [9.17, 15) is 15.0 Å². The lowest BCUT2D eigenvalue weighted by molar-refractivity contribution is -0.141. The molecule has 112 valence electrons. The van der Waals surface area contributed by atoms with Crippen molar-refractivity contribution in [2.45, 2.75) is 26.8 Å². The molecule has 1 atom stereocenters. The molecule has 0 saturated heterocycles. The number of rotatable bonds is 3. The second-order valence-corrected chi connectivity index (χ2v) is 5.80. The van der Waals surface area contributed by atoms with Gasteiger partial charge in [0.1, 0.15) is 16.8 Å². The molecule has 1 rings (SSSR count). The molecular weight excluding hydrogens is 300 g/mol. The number of carboxylic acid groups (broad SMARTS) is 1. The minimum absolute atomic E-state index is 0. The highest BCUT2D eigenvalue weighted by Crippen LogP contribution is 2.23. The van der Waals surface area contributed by atoms with Gasteiger partial charge in [-0.2, -0.15) is 0 Å². The fourth-order valence-electron chi connectivity index (χ4n) is 1.59. The monoisotopic (exact) mass is 318 g/mol. The van der Waals surface area contributed by atoms with Crippen LogP contribution in [0.25, 0.3) is 0 Å². The molecule has 7 heteroatoms. The number of halogens is 1. The lowest BCUT2D eigenvalue weighted by Gasteiger charge is -2.29. The molecule has 1 aromatic carbocycles. The summed E-state index contributed by atoms with van der Waals surface area (Å²) in [6.07, 6.45) is 0. The number of hydrogen-bond acceptors (Lipinski definition) is 4. The standard InChI is InChI=1S/C13H18N2O3S.ClH/c1-13(2,3)10(12(17)18)15-11(19)8-6-7(14)4-5-9(8)16;/h4-6,10,16H,14H2,1-3H3,(H,15,19)(H,17,18);1H/t10-;/m1./s1. The summed E-state index contributed by atoms with van der Waals surface area (Å²) in [5.41, 5.74) is 5.87. The summed E-state index contributed by atoms with van der Waals surface area (Å²) >= 11 is 5.14.